The van der Waals surface area contributed by atoms with Crippen LogP contribution in [-0.4, -0.2) is 48.6 Å². The molecule has 0 aromatic rings. The Labute approximate surface area is 106 Å². The number of hydrogen-bond acceptors (Lipinski definition) is 3. The predicted octanol–water partition coefficient (Wildman–Crippen LogP) is 2.45. The van der Waals surface area contributed by atoms with Crippen LogP contribution < -0.4 is 5.32 Å². The van der Waals surface area contributed by atoms with Crippen molar-refractivity contribution in [2.24, 2.45) is 5.92 Å². The second-order valence-corrected chi connectivity index (χ2v) is 5.94. The fourth-order valence-electron chi connectivity index (χ4n) is 2.47. The summed E-state index contributed by atoms with van der Waals surface area (Å²) >= 11 is 1.96. The van der Waals surface area contributed by atoms with Crippen molar-refractivity contribution in [3.05, 3.63) is 0 Å². The molecule has 96 valence electrons. The Kier molecular flexibility index (Phi) is 6.78. The zero-order chi connectivity index (χ0) is 12.0. The first kappa shape index (κ1) is 14.3. The number of rotatable bonds is 6. The maximum Gasteiger partial charge on any atom is 0.0247 e. The molecule has 0 spiro atoms. The fraction of sp³-hybridized carbons (Fsp3) is 1.00. The van der Waals surface area contributed by atoms with E-state index in [1.54, 1.807) is 0 Å². The van der Waals surface area contributed by atoms with E-state index in [-0.39, 0.29) is 0 Å². The van der Waals surface area contributed by atoms with Gasteiger partial charge in [-0.2, -0.15) is 11.8 Å². The quantitative estimate of drug-likeness (QED) is 0.772. The molecule has 16 heavy (non-hydrogen) atoms. The lowest BCUT2D eigenvalue weighted by atomic mass is 9.94. The van der Waals surface area contributed by atoms with E-state index in [2.05, 4.69) is 37.2 Å². The first-order valence-corrected chi connectivity index (χ1v) is 8.08. The predicted molar refractivity (Wildman–Crippen MR) is 75.3 cm³/mol. The highest BCUT2D eigenvalue weighted by Gasteiger charge is 2.29. The van der Waals surface area contributed by atoms with E-state index in [9.17, 15) is 0 Å². The van der Waals surface area contributed by atoms with Crippen molar-refractivity contribution < 1.29 is 0 Å². The Morgan fingerprint density at radius 3 is 2.75 bits per heavy atom. The molecule has 1 fully saturated rings. The van der Waals surface area contributed by atoms with Crippen LogP contribution in [0, 0.1) is 5.92 Å². The van der Waals surface area contributed by atoms with Gasteiger partial charge in [0, 0.05) is 37.5 Å². The van der Waals surface area contributed by atoms with Gasteiger partial charge in [-0.05, 0) is 18.6 Å². The molecule has 3 atom stereocenters. The highest BCUT2D eigenvalue weighted by molar-refractivity contribution is 7.98. The third kappa shape index (κ3) is 3.94. The summed E-state index contributed by atoms with van der Waals surface area (Å²) in [5, 5.41) is 3.69. The maximum atomic E-state index is 3.69. The molecule has 0 aromatic heterocycles. The minimum absolute atomic E-state index is 0.710. The zero-order valence-electron chi connectivity index (χ0n) is 11.3. The van der Waals surface area contributed by atoms with E-state index in [1.165, 1.54) is 38.2 Å². The van der Waals surface area contributed by atoms with Crippen LogP contribution in [0.5, 0.6) is 0 Å². The van der Waals surface area contributed by atoms with Crippen molar-refractivity contribution >= 4 is 11.8 Å². The molecule has 2 nitrogen and oxygen atoms in total. The molecule has 0 radical (unpaired) electrons. The molecule has 1 saturated heterocycles. The molecule has 1 heterocycles. The Bertz CT molecular complexity index is 187. The van der Waals surface area contributed by atoms with Gasteiger partial charge in [0.1, 0.15) is 0 Å². The van der Waals surface area contributed by atoms with E-state index in [4.69, 9.17) is 0 Å². The lowest BCUT2D eigenvalue weighted by Crippen LogP contribution is -2.58. The van der Waals surface area contributed by atoms with Crippen LogP contribution in [0.2, 0.25) is 0 Å². The normalized spacial score (nSPS) is 29.2. The van der Waals surface area contributed by atoms with Crippen molar-refractivity contribution in [3.8, 4) is 0 Å². The van der Waals surface area contributed by atoms with Crippen LogP contribution >= 0.6 is 11.8 Å². The van der Waals surface area contributed by atoms with Gasteiger partial charge in [-0.1, -0.05) is 27.2 Å². The third-order valence-corrected chi connectivity index (χ3v) is 4.51. The average Bonchev–Trinajstić information content (AvgIpc) is 2.34. The average molecular weight is 244 g/mol. The van der Waals surface area contributed by atoms with Crippen molar-refractivity contribution in [1.29, 1.82) is 0 Å². The number of nitrogens with one attached hydrogen (secondary N) is 1. The fourth-order valence-corrected chi connectivity index (χ4v) is 2.89. The second-order valence-electron chi connectivity index (χ2n) is 4.95. The monoisotopic (exact) mass is 244 g/mol. The molecule has 0 aromatic carbocycles. The number of hydrogen-bond donors (Lipinski definition) is 1. The molecule has 1 aliphatic heterocycles. The molecule has 1 N–H and O–H groups in total. The van der Waals surface area contributed by atoms with Gasteiger partial charge in [0.25, 0.3) is 0 Å². The summed E-state index contributed by atoms with van der Waals surface area (Å²) in [6.45, 7) is 10.7. The van der Waals surface area contributed by atoms with Gasteiger partial charge in [-0.15, -0.1) is 0 Å². The van der Waals surface area contributed by atoms with Gasteiger partial charge in [-0.25, -0.2) is 0 Å². The maximum absolute atomic E-state index is 3.69. The zero-order valence-corrected chi connectivity index (χ0v) is 12.1. The van der Waals surface area contributed by atoms with Crippen LogP contribution in [0.4, 0.5) is 0 Å². The molecule has 1 aliphatic rings. The van der Waals surface area contributed by atoms with Gasteiger partial charge in [0.05, 0.1) is 0 Å². The van der Waals surface area contributed by atoms with Gasteiger partial charge < -0.3 is 5.32 Å². The van der Waals surface area contributed by atoms with E-state index in [0.717, 1.165) is 12.0 Å². The molecular formula is C13H28N2S. The first-order valence-electron chi connectivity index (χ1n) is 6.69. The lowest BCUT2D eigenvalue weighted by Gasteiger charge is -2.43. The van der Waals surface area contributed by atoms with Crippen LogP contribution in [0.1, 0.15) is 33.6 Å². The van der Waals surface area contributed by atoms with Crippen molar-refractivity contribution in [2.45, 2.75) is 45.7 Å². The smallest absolute Gasteiger partial charge is 0.0247 e. The van der Waals surface area contributed by atoms with Gasteiger partial charge in [-0.3, -0.25) is 4.90 Å². The van der Waals surface area contributed by atoms with Gasteiger partial charge >= 0.3 is 0 Å². The number of piperazine rings is 1. The Hall–Kier alpha value is 0.270. The Morgan fingerprint density at radius 1 is 1.44 bits per heavy atom. The number of thioether (sulfide) groups is 1. The molecular weight excluding hydrogens is 216 g/mol. The van der Waals surface area contributed by atoms with E-state index >= 15 is 0 Å². The Morgan fingerprint density at radius 2 is 2.19 bits per heavy atom. The van der Waals surface area contributed by atoms with E-state index in [1.807, 2.05) is 11.8 Å². The molecule has 1 rings (SSSR count). The lowest BCUT2D eigenvalue weighted by molar-refractivity contribution is 0.0972. The minimum atomic E-state index is 0.710. The topological polar surface area (TPSA) is 15.3 Å². The van der Waals surface area contributed by atoms with Crippen molar-refractivity contribution in [2.75, 3.05) is 31.6 Å². The van der Waals surface area contributed by atoms with E-state index in [0.29, 0.717) is 6.04 Å². The highest BCUT2D eigenvalue weighted by atomic mass is 32.2. The van der Waals surface area contributed by atoms with Crippen molar-refractivity contribution in [1.82, 2.24) is 10.2 Å². The Balaban J connectivity index is 2.52. The van der Waals surface area contributed by atoms with E-state index < -0.39 is 0 Å². The van der Waals surface area contributed by atoms with Crippen molar-refractivity contribution in [3.63, 3.8) is 0 Å². The molecule has 3 unspecified atom stereocenters. The van der Waals surface area contributed by atoms with Crippen LogP contribution in [0.3, 0.4) is 0 Å². The molecule has 0 saturated carbocycles. The summed E-state index contributed by atoms with van der Waals surface area (Å²) in [6, 6.07) is 1.46. The van der Waals surface area contributed by atoms with Crippen LogP contribution in [0.25, 0.3) is 0 Å². The summed E-state index contributed by atoms with van der Waals surface area (Å²) in [5.41, 5.74) is 0. The SMILES string of the molecule is CCC1CN(CCSC)C(C(C)CC)CN1. The van der Waals surface area contributed by atoms with Gasteiger partial charge in [0.2, 0.25) is 0 Å². The number of nitrogens with zero attached hydrogens (tertiary/aromatic N) is 1. The highest BCUT2D eigenvalue weighted by Crippen LogP contribution is 2.19. The van der Waals surface area contributed by atoms with Crippen LogP contribution in [-0.2, 0) is 0 Å². The third-order valence-electron chi connectivity index (χ3n) is 3.92. The summed E-state index contributed by atoms with van der Waals surface area (Å²) in [7, 11) is 0. The summed E-state index contributed by atoms with van der Waals surface area (Å²) in [5.74, 6) is 2.08. The second kappa shape index (κ2) is 7.57. The molecule has 0 amide bonds. The summed E-state index contributed by atoms with van der Waals surface area (Å²) < 4.78 is 0. The minimum Gasteiger partial charge on any atom is -0.311 e. The molecule has 0 bridgehead atoms. The standard InChI is InChI=1S/C13H28N2S/c1-5-11(3)13-9-14-12(6-2)10-15(13)7-8-16-4/h11-14H,5-10H2,1-4H3. The first-order chi connectivity index (χ1) is 7.72. The molecule has 0 aliphatic carbocycles. The molecule has 3 heteroatoms. The largest absolute Gasteiger partial charge is 0.311 e. The van der Waals surface area contributed by atoms with Gasteiger partial charge in [0.15, 0.2) is 0 Å². The van der Waals surface area contributed by atoms with Crippen LogP contribution in [0.15, 0.2) is 0 Å². The summed E-state index contributed by atoms with van der Waals surface area (Å²) in [4.78, 5) is 2.72. The summed E-state index contributed by atoms with van der Waals surface area (Å²) in [6.07, 6.45) is 4.75.